The molecule has 4 aliphatic rings. The van der Waals surface area contributed by atoms with Gasteiger partial charge in [-0.3, -0.25) is 14.4 Å². The summed E-state index contributed by atoms with van der Waals surface area (Å²) in [5, 5.41) is 19.1. The maximum absolute atomic E-state index is 14.0. The Morgan fingerprint density at radius 1 is 1.14 bits per heavy atom. The van der Waals surface area contributed by atoms with Crippen LogP contribution in [0, 0.1) is 34.5 Å². The molecule has 1 heterocycles. The minimum absolute atomic E-state index is 0.0129. The van der Waals surface area contributed by atoms with Gasteiger partial charge in [-0.15, -0.1) is 0 Å². The summed E-state index contributed by atoms with van der Waals surface area (Å²) in [5.74, 6) is 1.74. The monoisotopic (exact) mass is 676 g/mol. The molecule has 4 fully saturated rings. The molecule has 0 unspecified atom stereocenters. The lowest BCUT2D eigenvalue weighted by Crippen LogP contribution is -2.62. The van der Waals surface area contributed by atoms with Gasteiger partial charge in [0.1, 0.15) is 11.8 Å². The number of nitrogens with one attached hydrogen (secondary N) is 2. The van der Waals surface area contributed by atoms with Crippen LogP contribution in [-0.4, -0.2) is 85.5 Å². The van der Waals surface area contributed by atoms with Crippen LogP contribution in [0.3, 0.4) is 0 Å². The van der Waals surface area contributed by atoms with E-state index in [0.29, 0.717) is 41.0 Å². The number of rotatable bonds is 12. The SMILES string of the molecule is COc1c(CN2OC[C@@H]([C@H](C)O)[C@H]2C(=O)N[C@H]2C[C@H]3C[C@@H]([C@@H]2C)C3(C)C)cccc1-c1cccc(C(=O)N[C@H](CN(C)C)CC(C)(C)C)c1. The summed E-state index contributed by atoms with van der Waals surface area (Å²) in [6.07, 6.45) is 2.38. The highest BCUT2D eigenvalue weighted by Crippen LogP contribution is 2.61. The number of ether oxygens (including phenoxy) is 1. The van der Waals surface area contributed by atoms with Gasteiger partial charge in [-0.25, -0.2) is 0 Å². The number of aliphatic hydroxyl groups is 1. The lowest BCUT2D eigenvalue weighted by atomic mass is 9.45. The molecule has 6 rings (SSSR count). The van der Waals surface area contributed by atoms with E-state index in [1.54, 1.807) is 19.1 Å². The van der Waals surface area contributed by atoms with Crippen LogP contribution in [0.25, 0.3) is 11.1 Å². The zero-order valence-electron chi connectivity index (χ0n) is 31.4. The topological polar surface area (TPSA) is 103 Å². The first-order chi connectivity index (χ1) is 23.0. The van der Waals surface area contributed by atoms with Crippen molar-refractivity contribution in [3.63, 3.8) is 0 Å². The third kappa shape index (κ3) is 8.16. The van der Waals surface area contributed by atoms with E-state index in [9.17, 15) is 14.7 Å². The second-order valence-electron chi connectivity index (χ2n) is 17.1. The van der Waals surface area contributed by atoms with Crippen LogP contribution < -0.4 is 15.4 Å². The van der Waals surface area contributed by atoms with E-state index in [0.717, 1.165) is 36.1 Å². The first-order valence-corrected chi connectivity index (χ1v) is 18.1. The molecule has 270 valence electrons. The predicted octanol–water partition coefficient (Wildman–Crippen LogP) is 5.76. The molecule has 1 aliphatic heterocycles. The Balaban J connectivity index is 1.35. The third-order valence-electron chi connectivity index (χ3n) is 11.6. The van der Waals surface area contributed by atoms with E-state index in [1.807, 2.05) is 56.6 Å². The van der Waals surface area contributed by atoms with Crippen molar-refractivity contribution in [3.05, 3.63) is 53.6 Å². The standard InChI is InChI=1S/C40H60N4O5/c1-24-33-18-29(40(33,6)7)19-34(24)42-38(47)35-32(25(2)45)23-49-44(35)21-28-15-12-16-31(36(28)48-10)26-13-11-14-27(17-26)37(46)41-30(22-43(8)9)20-39(3,4)5/h11-17,24-25,29-30,32-35,45H,18-23H2,1-10H3,(H,41,46)(H,42,47)/t24-,25-,29+,30-,32-,33-,34-,35-/m0/s1. The Bertz CT molecular complexity index is 1480. The molecular formula is C40H60N4O5. The molecule has 0 radical (unpaired) electrons. The Morgan fingerprint density at radius 3 is 2.47 bits per heavy atom. The van der Waals surface area contributed by atoms with Gasteiger partial charge in [-0.1, -0.05) is 71.9 Å². The summed E-state index contributed by atoms with van der Waals surface area (Å²) >= 11 is 0. The van der Waals surface area contributed by atoms with Crippen molar-refractivity contribution >= 4 is 11.8 Å². The number of para-hydroxylation sites is 1. The molecule has 2 aromatic rings. The lowest BCUT2D eigenvalue weighted by Gasteiger charge is -2.62. The van der Waals surface area contributed by atoms with Crippen molar-refractivity contribution in [1.82, 2.24) is 20.6 Å². The van der Waals surface area contributed by atoms with Crippen LogP contribution in [0.5, 0.6) is 5.75 Å². The van der Waals surface area contributed by atoms with E-state index >= 15 is 0 Å². The first-order valence-electron chi connectivity index (χ1n) is 18.1. The number of nitrogens with zero attached hydrogens (tertiary/aromatic N) is 2. The number of hydroxylamine groups is 2. The number of hydrogen-bond donors (Lipinski definition) is 3. The van der Waals surface area contributed by atoms with Crippen LogP contribution in [0.4, 0.5) is 0 Å². The van der Waals surface area contributed by atoms with Gasteiger partial charge in [0.25, 0.3) is 5.91 Å². The second kappa shape index (κ2) is 14.7. The molecule has 2 amide bonds. The number of likely N-dealkylation sites (N-methyl/N-ethyl adjacent to an activating group) is 1. The van der Waals surface area contributed by atoms with Crippen LogP contribution >= 0.6 is 0 Å². The van der Waals surface area contributed by atoms with Crippen molar-refractivity contribution < 1.29 is 24.3 Å². The summed E-state index contributed by atoms with van der Waals surface area (Å²) in [4.78, 5) is 35.8. The number of hydrogen-bond acceptors (Lipinski definition) is 7. The lowest BCUT2D eigenvalue weighted by molar-refractivity contribution is -0.161. The molecule has 8 atom stereocenters. The van der Waals surface area contributed by atoms with E-state index in [1.165, 1.54) is 6.42 Å². The molecule has 1 saturated heterocycles. The van der Waals surface area contributed by atoms with Gasteiger partial charge in [0.15, 0.2) is 0 Å². The number of aliphatic hydroxyl groups excluding tert-OH is 1. The van der Waals surface area contributed by atoms with E-state index in [2.05, 4.69) is 57.1 Å². The van der Waals surface area contributed by atoms with Gasteiger partial charge in [0, 0.05) is 41.2 Å². The number of methoxy groups -OCH3 is 1. The normalized spacial score (nSPS) is 27.7. The summed E-state index contributed by atoms with van der Waals surface area (Å²) in [7, 11) is 5.68. The summed E-state index contributed by atoms with van der Waals surface area (Å²) in [6.45, 7) is 16.6. The molecule has 9 nitrogen and oxygen atoms in total. The third-order valence-corrected chi connectivity index (χ3v) is 11.6. The van der Waals surface area contributed by atoms with E-state index < -0.39 is 12.1 Å². The van der Waals surface area contributed by atoms with Crippen molar-refractivity contribution in [1.29, 1.82) is 0 Å². The summed E-state index contributed by atoms with van der Waals surface area (Å²) < 4.78 is 6.01. The van der Waals surface area contributed by atoms with E-state index in [4.69, 9.17) is 9.57 Å². The van der Waals surface area contributed by atoms with Crippen LogP contribution in [-0.2, 0) is 16.2 Å². The molecule has 3 aliphatic carbocycles. The van der Waals surface area contributed by atoms with Gasteiger partial charge in [0.05, 0.1) is 26.4 Å². The average Bonchev–Trinajstić information content (AvgIpc) is 3.44. The fourth-order valence-corrected chi connectivity index (χ4v) is 8.83. The fourth-order valence-electron chi connectivity index (χ4n) is 8.83. The van der Waals surface area contributed by atoms with Crippen molar-refractivity contribution in [3.8, 4) is 16.9 Å². The Kier molecular flexibility index (Phi) is 11.2. The summed E-state index contributed by atoms with van der Waals surface area (Å²) in [6, 6.07) is 13.0. The zero-order valence-corrected chi connectivity index (χ0v) is 31.4. The zero-order chi connectivity index (χ0) is 35.8. The molecule has 2 aromatic carbocycles. The van der Waals surface area contributed by atoms with Crippen molar-refractivity contribution in [2.75, 3.05) is 34.4 Å². The van der Waals surface area contributed by atoms with Gasteiger partial charge in [-0.2, -0.15) is 5.06 Å². The smallest absolute Gasteiger partial charge is 0.251 e. The van der Waals surface area contributed by atoms with Crippen molar-refractivity contribution in [2.45, 2.75) is 98.5 Å². The van der Waals surface area contributed by atoms with Gasteiger partial charge in [-0.05, 0) is 86.6 Å². The van der Waals surface area contributed by atoms with Crippen molar-refractivity contribution in [2.24, 2.45) is 34.5 Å². The molecule has 49 heavy (non-hydrogen) atoms. The molecule has 2 bridgehead atoms. The Labute approximate surface area is 294 Å². The minimum atomic E-state index is -0.709. The van der Waals surface area contributed by atoms with Gasteiger partial charge < -0.3 is 25.4 Å². The number of amides is 2. The van der Waals surface area contributed by atoms with E-state index in [-0.39, 0.29) is 41.8 Å². The quantitative estimate of drug-likeness (QED) is 0.263. The highest BCUT2D eigenvalue weighted by molar-refractivity contribution is 5.96. The number of benzene rings is 2. The highest BCUT2D eigenvalue weighted by Gasteiger charge is 2.57. The summed E-state index contributed by atoms with van der Waals surface area (Å²) in [5.41, 5.74) is 3.54. The Morgan fingerprint density at radius 2 is 1.86 bits per heavy atom. The first kappa shape index (κ1) is 37.3. The molecule has 0 aromatic heterocycles. The molecular weight excluding hydrogens is 616 g/mol. The number of carbonyl (C=O) groups excluding carboxylic acids is 2. The van der Waals surface area contributed by atoms with Crippen LogP contribution in [0.15, 0.2) is 42.5 Å². The maximum Gasteiger partial charge on any atom is 0.251 e. The predicted molar refractivity (Wildman–Crippen MR) is 194 cm³/mol. The molecule has 3 saturated carbocycles. The number of carbonyl (C=O) groups is 2. The van der Waals surface area contributed by atoms with Gasteiger partial charge in [0.2, 0.25) is 5.91 Å². The maximum atomic E-state index is 14.0. The molecule has 9 heteroatoms. The fraction of sp³-hybridized carbons (Fsp3) is 0.650. The van der Waals surface area contributed by atoms with Crippen LogP contribution in [0.1, 0.15) is 83.7 Å². The average molecular weight is 677 g/mol. The largest absolute Gasteiger partial charge is 0.496 e. The molecule has 3 N–H and O–H groups in total. The number of fused-ring (bicyclic) bond motifs is 2. The molecule has 0 spiro atoms. The minimum Gasteiger partial charge on any atom is -0.496 e. The Hall–Kier alpha value is -2.98. The highest BCUT2D eigenvalue weighted by atomic mass is 16.7. The van der Waals surface area contributed by atoms with Gasteiger partial charge >= 0.3 is 0 Å². The van der Waals surface area contributed by atoms with Crippen LogP contribution in [0.2, 0.25) is 0 Å². The second-order valence-corrected chi connectivity index (χ2v) is 17.1.